The van der Waals surface area contributed by atoms with Crippen molar-refractivity contribution in [2.24, 2.45) is 16.6 Å². The number of hydrogen-bond acceptors (Lipinski definition) is 5. The fraction of sp³-hybridized carbons (Fsp3) is 0.346. The molecule has 36 heavy (non-hydrogen) atoms. The normalized spacial score (nSPS) is 16.1. The number of phenols is 1. The molecule has 2 aliphatic rings. The molecule has 1 heterocycles. The Kier molecular flexibility index (Phi) is 9.10. The predicted octanol–water partition coefficient (Wildman–Crippen LogP) is 4.51. The number of fused-ring (bicyclic) bond motifs is 1. The van der Waals surface area contributed by atoms with Gasteiger partial charge >= 0.3 is 0 Å². The van der Waals surface area contributed by atoms with Crippen LogP contribution >= 0.6 is 0 Å². The number of phenolic OH excluding ortho intramolecular Hbond substituents is 1. The summed E-state index contributed by atoms with van der Waals surface area (Å²) in [6.07, 6.45) is 8.98. The molecule has 0 bridgehead atoms. The zero-order chi connectivity index (χ0) is 26.2. The van der Waals surface area contributed by atoms with E-state index in [1.165, 1.54) is 19.3 Å². The lowest BCUT2D eigenvalue weighted by Crippen LogP contribution is -2.30. The van der Waals surface area contributed by atoms with E-state index in [2.05, 4.69) is 10.3 Å². The Morgan fingerprint density at radius 1 is 1.17 bits per heavy atom. The number of nitrogens with zero attached hydrogens (tertiary/aromatic N) is 2. The van der Waals surface area contributed by atoms with Crippen LogP contribution in [0.3, 0.4) is 0 Å². The van der Waals surface area contributed by atoms with Gasteiger partial charge in [0.15, 0.2) is 17.4 Å². The zero-order valence-electron chi connectivity index (χ0n) is 19.9. The van der Waals surface area contributed by atoms with Crippen molar-refractivity contribution in [2.45, 2.75) is 38.6 Å². The van der Waals surface area contributed by atoms with Crippen LogP contribution in [0.1, 0.15) is 63.9 Å². The molecule has 10 heteroatoms. The van der Waals surface area contributed by atoms with Crippen molar-refractivity contribution in [1.29, 1.82) is 0 Å². The molecule has 0 unspecified atom stereocenters. The highest BCUT2D eigenvalue weighted by atomic mass is 19.2. The maximum Gasteiger partial charge on any atom is 0.282 e. The van der Waals surface area contributed by atoms with Crippen LogP contribution in [0.4, 0.5) is 13.3 Å². The molecule has 1 aliphatic carbocycles. The predicted molar refractivity (Wildman–Crippen MR) is 131 cm³/mol. The highest BCUT2D eigenvalue weighted by Crippen LogP contribution is 2.26. The van der Waals surface area contributed by atoms with E-state index >= 15 is 0 Å². The Morgan fingerprint density at radius 3 is 2.47 bits per heavy atom. The van der Waals surface area contributed by atoms with Crippen molar-refractivity contribution in [3.05, 3.63) is 70.3 Å². The SMILES string of the molecule is CN=C/C=C(\N)c1ccc2c(c1)CN(F)C2=O.O=C(NCC1CCCCC1)c1cc(F)c(O)c(F)c1. The standard InChI is InChI=1S/C14H17F2NO2.C12H12FN3O/c15-11-6-10(7-12(16)13(11)18)14(19)17-8-9-4-2-1-3-5-9;1-15-5-4-11(14)8-2-3-10-9(6-8)7-16(13)12(10)17/h6-7,9,18H,1-5,8H2,(H,17,19);2-6H,7,14H2,1H3/b;11-4-,15-5?. The summed E-state index contributed by atoms with van der Waals surface area (Å²) in [4.78, 5) is 26.9. The molecule has 4 N–H and O–H groups in total. The average Bonchev–Trinajstić information content (AvgIpc) is 3.17. The van der Waals surface area contributed by atoms with Gasteiger partial charge in [-0.1, -0.05) is 29.8 Å². The van der Waals surface area contributed by atoms with Crippen LogP contribution in [-0.4, -0.2) is 41.8 Å². The summed E-state index contributed by atoms with van der Waals surface area (Å²) in [5, 5.41) is 11.8. The minimum atomic E-state index is -1.12. The van der Waals surface area contributed by atoms with Crippen LogP contribution in [0.2, 0.25) is 0 Å². The molecule has 1 aliphatic heterocycles. The topological polar surface area (TPSA) is 108 Å². The smallest absolute Gasteiger partial charge is 0.282 e. The van der Waals surface area contributed by atoms with Crippen LogP contribution in [0.5, 0.6) is 5.75 Å². The molecule has 2 aromatic rings. The lowest BCUT2D eigenvalue weighted by Gasteiger charge is -2.21. The Balaban J connectivity index is 0.000000202. The monoisotopic (exact) mass is 502 g/mol. The van der Waals surface area contributed by atoms with Crippen molar-refractivity contribution >= 4 is 23.7 Å². The average molecular weight is 503 g/mol. The number of nitrogens with two attached hydrogens (primary N) is 1. The number of hydrogen-bond donors (Lipinski definition) is 3. The van der Waals surface area contributed by atoms with Gasteiger partial charge in [0.25, 0.3) is 11.8 Å². The van der Waals surface area contributed by atoms with Crippen LogP contribution in [-0.2, 0) is 6.54 Å². The molecular weight excluding hydrogens is 473 g/mol. The zero-order valence-corrected chi connectivity index (χ0v) is 19.9. The first-order valence-electron chi connectivity index (χ1n) is 11.7. The molecule has 0 aromatic heterocycles. The molecule has 1 saturated carbocycles. The maximum absolute atomic E-state index is 13.1. The third-order valence-electron chi connectivity index (χ3n) is 6.16. The Labute approximate surface area is 207 Å². The second-order valence-corrected chi connectivity index (χ2v) is 8.73. The van der Waals surface area contributed by atoms with Gasteiger partial charge in [0, 0.05) is 36.6 Å². The summed E-state index contributed by atoms with van der Waals surface area (Å²) >= 11 is 0. The fourth-order valence-corrected chi connectivity index (χ4v) is 4.14. The molecule has 0 saturated heterocycles. The first kappa shape index (κ1) is 26.8. The van der Waals surface area contributed by atoms with Crippen molar-refractivity contribution in [3.63, 3.8) is 0 Å². The Morgan fingerprint density at radius 2 is 1.83 bits per heavy atom. The van der Waals surface area contributed by atoms with Crippen molar-refractivity contribution in [2.75, 3.05) is 13.6 Å². The van der Waals surface area contributed by atoms with Gasteiger partial charge in [-0.05, 0) is 60.2 Å². The van der Waals surface area contributed by atoms with E-state index in [-0.39, 0.29) is 17.2 Å². The summed E-state index contributed by atoms with van der Waals surface area (Å²) in [6, 6.07) is 6.70. The first-order chi connectivity index (χ1) is 17.2. The van der Waals surface area contributed by atoms with E-state index in [0.29, 0.717) is 29.3 Å². The van der Waals surface area contributed by atoms with Crippen LogP contribution in [0.25, 0.3) is 5.70 Å². The number of amides is 2. The van der Waals surface area contributed by atoms with Gasteiger partial charge in [0.05, 0.1) is 6.54 Å². The molecule has 2 aromatic carbocycles. The van der Waals surface area contributed by atoms with E-state index in [0.717, 1.165) is 30.5 Å². The van der Waals surface area contributed by atoms with Gasteiger partial charge in [0.2, 0.25) is 0 Å². The minimum Gasteiger partial charge on any atom is -0.503 e. The van der Waals surface area contributed by atoms with Crippen LogP contribution in [0.15, 0.2) is 41.4 Å². The molecule has 0 atom stereocenters. The molecular formula is C26H29F3N4O3. The number of aliphatic imine (C=N–C) groups is 1. The number of allylic oxidation sites excluding steroid dienone is 1. The quantitative estimate of drug-likeness (QED) is 0.413. The van der Waals surface area contributed by atoms with Gasteiger partial charge in [-0.3, -0.25) is 14.6 Å². The lowest BCUT2D eigenvalue weighted by atomic mass is 9.89. The van der Waals surface area contributed by atoms with Gasteiger partial charge in [-0.15, -0.1) is 0 Å². The van der Waals surface area contributed by atoms with E-state index in [1.807, 2.05) is 0 Å². The number of aromatic hydroxyl groups is 1. The van der Waals surface area contributed by atoms with Gasteiger partial charge in [-0.25, -0.2) is 8.78 Å². The summed E-state index contributed by atoms with van der Waals surface area (Å²) in [5.74, 6) is -3.95. The molecule has 4 rings (SSSR count). The van der Waals surface area contributed by atoms with E-state index < -0.39 is 29.2 Å². The lowest BCUT2D eigenvalue weighted by molar-refractivity contribution is 0.0220. The Hall–Kier alpha value is -3.82. The fourth-order valence-electron chi connectivity index (χ4n) is 4.14. The first-order valence-corrected chi connectivity index (χ1v) is 11.7. The van der Waals surface area contributed by atoms with E-state index in [9.17, 15) is 22.9 Å². The number of carbonyl (C=O) groups excluding carboxylic acids is 2. The highest BCUT2D eigenvalue weighted by Gasteiger charge is 2.27. The third kappa shape index (κ3) is 6.65. The molecule has 0 radical (unpaired) electrons. The van der Waals surface area contributed by atoms with Crippen molar-refractivity contribution in [3.8, 4) is 5.75 Å². The third-order valence-corrected chi connectivity index (χ3v) is 6.16. The number of nitrogens with one attached hydrogen (secondary N) is 1. The molecule has 192 valence electrons. The van der Waals surface area contributed by atoms with Crippen LogP contribution < -0.4 is 11.1 Å². The number of rotatable bonds is 5. The largest absolute Gasteiger partial charge is 0.503 e. The Bertz CT molecular complexity index is 1150. The summed E-state index contributed by atoms with van der Waals surface area (Å²) < 4.78 is 39.3. The van der Waals surface area contributed by atoms with Crippen LogP contribution in [0, 0.1) is 17.6 Å². The maximum atomic E-state index is 13.1. The van der Waals surface area contributed by atoms with Gasteiger partial charge < -0.3 is 16.2 Å². The second kappa shape index (κ2) is 12.2. The minimum absolute atomic E-state index is 0.0167. The summed E-state index contributed by atoms with van der Waals surface area (Å²) in [6.45, 7) is 0.514. The molecule has 1 fully saturated rings. The van der Waals surface area contributed by atoms with Crippen molar-refractivity contribution in [1.82, 2.24) is 10.4 Å². The van der Waals surface area contributed by atoms with Gasteiger partial charge in [0.1, 0.15) is 0 Å². The highest BCUT2D eigenvalue weighted by molar-refractivity contribution is 5.98. The second-order valence-electron chi connectivity index (χ2n) is 8.73. The number of benzene rings is 2. The summed E-state index contributed by atoms with van der Waals surface area (Å²) in [5.41, 5.74) is 8.05. The van der Waals surface area contributed by atoms with Gasteiger partial charge in [-0.2, -0.15) is 5.12 Å². The molecule has 2 amide bonds. The van der Waals surface area contributed by atoms with E-state index in [1.54, 1.807) is 37.5 Å². The van der Waals surface area contributed by atoms with Crippen molar-refractivity contribution < 1.29 is 28.0 Å². The number of carbonyl (C=O) groups is 2. The summed E-state index contributed by atoms with van der Waals surface area (Å²) in [7, 11) is 1.64. The molecule has 7 nitrogen and oxygen atoms in total. The number of halogens is 3. The molecule has 0 spiro atoms. The van der Waals surface area contributed by atoms with E-state index in [4.69, 9.17) is 10.8 Å².